The molecule has 1 heterocycles. The van der Waals surface area contributed by atoms with Crippen LogP contribution in [0.1, 0.15) is 0 Å². The molecule has 0 radical (unpaired) electrons. The summed E-state index contributed by atoms with van der Waals surface area (Å²) in [6, 6.07) is 12.7. The molecule has 1 saturated heterocycles. The van der Waals surface area contributed by atoms with Gasteiger partial charge in [0.05, 0.1) is 13.2 Å². The van der Waals surface area contributed by atoms with Crippen molar-refractivity contribution in [3.05, 3.63) is 60.2 Å². The van der Waals surface area contributed by atoms with Crippen molar-refractivity contribution in [2.45, 2.75) is 0 Å². The first-order valence-corrected chi connectivity index (χ1v) is 6.36. The van der Waals surface area contributed by atoms with Crippen molar-refractivity contribution in [3.8, 4) is 0 Å². The summed E-state index contributed by atoms with van der Waals surface area (Å²) >= 11 is 0. The summed E-state index contributed by atoms with van der Waals surface area (Å²) in [5.41, 5.74) is 1.84. The first kappa shape index (κ1) is 12.3. The molecule has 0 bridgehead atoms. The fraction of sp³-hybridized carbons (Fsp3) is 0.143. The van der Waals surface area contributed by atoms with Crippen LogP contribution in [0.25, 0.3) is 0 Å². The van der Waals surface area contributed by atoms with Crippen LogP contribution in [0.3, 0.4) is 0 Å². The number of hydrogen-bond donors (Lipinski definition) is 1. The fourth-order valence-corrected chi connectivity index (χ4v) is 2.78. The molecule has 0 saturated carbocycles. The first-order chi connectivity index (χ1) is 9.21. The van der Waals surface area contributed by atoms with Crippen LogP contribution >= 0.6 is 0 Å². The lowest BCUT2D eigenvalue weighted by Gasteiger charge is -2.31. The van der Waals surface area contributed by atoms with Crippen molar-refractivity contribution >= 4 is 17.4 Å². The Morgan fingerprint density at radius 3 is 1.68 bits per heavy atom. The largest absolute Gasteiger partial charge is 0.528 e. The zero-order valence-corrected chi connectivity index (χ0v) is 10.4. The number of quaternary nitrogens is 1. The third-order valence-electron chi connectivity index (χ3n) is 3.73. The lowest BCUT2D eigenvalue weighted by atomic mass is 9.42. The maximum absolute atomic E-state index is 13.1. The molecule has 98 valence electrons. The maximum atomic E-state index is 13.1. The predicted octanol–water partition coefficient (Wildman–Crippen LogP) is 0.115. The van der Waals surface area contributed by atoms with E-state index >= 15 is 0 Å². The van der Waals surface area contributed by atoms with Crippen molar-refractivity contribution in [2.75, 3.05) is 13.2 Å². The minimum Gasteiger partial charge on any atom is -0.528 e. The molecule has 5 heteroatoms. The number of halogens is 2. The zero-order chi connectivity index (χ0) is 13.3. The average molecular weight is 261 g/mol. The molecular formula is C14H14BF2NO. The van der Waals surface area contributed by atoms with Gasteiger partial charge in [0.2, 0.25) is 0 Å². The van der Waals surface area contributed by atoms with Gasteiger partial charge < -0.3 is 9.88 Å². The van der Waals surface area contributed by atoms with E-state index < -0.39 is 6.48 Å². The Kier molecular flexibility index (Phi) is 3.08. The highest BCUT2D eigenvalue weighted by Crippen LogP contribution is 2.05. The number of nitrogens with two attached hydrogens (primary N) is 1. The fourth-order valence-electron chi connectivity index (χ4n) is 2.78. The Bertz CT molecular complexity index is 518. The van der Waals surface area contributed by atoms with E-state index in [1.54, 1.807) is 24.3 Å². The summed E-state index contributed by atoms with van der Waals surface area (Å²) in [6.07, 6.45) is 0. The number of hydrogen-bond acceptors (Lipinski definition) is 1. The molecule has 0 amide bonds. The quantitative estimate of drug-likeness (QED) is 0.763. The van der Waals surface area contributed by atoms with Crippen LogP contribution in [0.4, 0.5) is 8.78 Å². The van der Waals surface area contributed by atoms with Gasteiger partial charge >= 0.3 is 6.48 Å². The van der Waals surface area contributed by atoms with Gasteiger partial charge in [-0.3, -0.25) is 0 Å². The van der Waals surface area contributed by atoms with Crippen molar-refractivity contribution in [1.29, 1.82) is 0 Å². The van der Waals surface area contributed by atoms with E-state index in [1.807, 2.05) is 0 Å². The highest BCUT2D eigenvalue weighted by atomic mass is 19.1. The molecule has 2 N–H and O–H groups in total. The summed E-state index contributed by atoms with van der Waals surface area (Å²) in [7, 11) is 0. The second kappa shape index (κ2) is 4.76. The SMILES string of the molecule is Fc1ccc([B-]2(c3ccc(F)cc3)[NH2+]CCO2)cc1. The van der Waals surface area contributed by atoms with Gasteiger partial charge in [-0.15, -0.1) is 10.9 Å². The van der Waals surface area contributed by atoms with Crippen molar-refractivity contribution in [3.63, 3.8) is 0 Å². The second-order valence-corrected chi connectivity index (χ2v) is 4.85. The van der Waals surface area contributed by atoms with Crippen LogP contribution in [0.2, 0.25) is 0 Å². The molecule has 0 unspecified atom stereocenters. The molecule has 1 aliphatic heterocycles. The number of rotatable bonds is 2. The molecule has 3 rings (SSSR count). The molecule has 1 aliphatic rings. The smallest absolute Gasteiger partial charge is 0.388 e. The standard InChI is InChI=1S/C14H14BF2NO/c16-13-5-1-11(2-6-13)15(18-9-10-19-15)12-3-7-14(17)8-4-12/h1-8H,9-10,18H2. The summed E-state index contributed by atoms with van der Waals surface area (Å²) in [5.74, 6) is -0.543. The van der Waals surface area contributed by atoms with Gasteiger partial charge in [-0.25, -0.2) is 8.78 Å². The Morgan fingerprint density at radius 2 is 1.32 bits per heavy atom. The van der Waals surface area contributed by atoms with E-state index in [0.717, 1.165) is 17.5 Å². The lowest BCUT2D eigenvalue weighted by Crippen LogP contribution is -3.04. The average Bonchev–Trinajstić information content (AvgIpc) is 2.91. The Labute approximate surface area is 110 Å². The topological polar surface area (TPSA) is 25.8 Å². The second-order valence-electron chi connectivity index (χ2n) is 4.85. The van der Waals surface area contributed by atoms with Gasteiger partial charge in [0.1, 0.15) is 11.6 Å². The van der Waals surface area contributed by atoms with E-state index in [4.69, 9.17) is 4.65 Å². The highest BCUT2D eigenvalue weighted by Gasteiger charge is 2.40. The molecule has 1 fully saturated rings. The van der Waals surface area contributed by atoms with Crippen molar-refractivity contribution < 1.29 is 18.7 Å². The van der Waals surface area contributed by atoms with E-state index in [-0.39, 0.29) is 11.6 Å². The van der Waals surface area contributed by atoms with Crippen LogP contribution < -0.4 is 16.2 Å². The Balaban J connectivity index is 2.08. The summed E-state index contributed by atoms with van der Waals surface area (Å²) in [4.78, 5) is 0. The molecule has 2 nitrogen and oxygen atoms in total. The van der Waals surface area contributed by atoms with Gasteiger partial charge in [-0.05, 0) is 24.3 Å². The maximum Gasteiger partial charge on any atom is 0.388 e. The molecule has 2 aromatic rings. The molecule has 0 aliphatic carbocycles. The first-order valence-electron chi connectivity index (χ1n) is 6.36. The Morgan fingerprint density at radius 1 is 0.842 bits per heavy atom. The van der Waals surface area contributed by atoms with Crippen LogP contribution in [0, 0.1) is 11.6 Å². The summed E-state index contributed by atoms with van der Waals surface area (Å²) in [6.45, 7) is 0.0196. The van der Waals surface area contributed by atoms with E-state index in [1.165, 1.54) is 24.3 Å². The molecular weight excluding hydrogens is 247 g/mol. The van der Waals surface area contributed by atoms with Gasteiger partial charge in [0.15, 0.2) is 0 Å². The highest BCUT2D eigenvalue weighted by molar-refractivity contribution is 6.90. The third-order valence-corrected chi connectivity index (χ3v) is 3.73. The van der Waals surface area contributed by atoms with Gasteiger partial charge in [0.25, 0.3) is 0 Å². The molecule has 19 heavy (non-hydrogen) atoms. The lowest BCUT2D eigenvalue weighted by molar-refractivity contribution is -0.514. The monoisotopic (exact) mass is 261 g/mol. The minimum absolute atomic E-state index is 0.271. The summed E-state index contributed by atoms with van der Waals surface area (Å²) in [5, 5.41) is 2.11. The van der Waals surface area contributed by atoms with Crippen LogP contribution in [0.15, 0.2) is 48.5 Å². The van der Waals surface area contributed by atoms with Crippen molar-refractivity contribution in [2.24, 2.45) is 0 Å². The van der Waals surface area contributed by atoms with Gasteiger partial charge in [-0.1, -0.05) is 24.3 Å². The zero-order valence-electron chi connectivity index (χ0n) is 10.4. The molecule has 2 aromatic carbocycles. The molecule has 0 atom stereocenters. The molecule has 0 aromatic heterocycles. The Hall–Kier alpha value is -1.72. The summed E-state index contributed by atoms with van der Waals surface area (Å²) < 4.78 is 32.1. The minimum atomic E-state index is -1.46. The van der Waals surface area contributed by atoms with Gasteiger partial charge in [0, 0.05) is 0 Å². The van der Waals surface area contributed by atoms with Crippen LogP contribution in [-0.2, 0) is 4.65 Å². The van der Waals surface area contributed by atoms with Crippen LogP contribution in [0.5, 0.6) is 0 Å². The third kappa shape index (κ3) is 2.15. The normalized spacial score (nSPS) is 17.6. The predicted molar refractivity (Wildman–Crippen MR) is 70.6 cm³/mol. The molecule has 0 spiro atoms. The van der Waals surface area contributed by atoms with E-state index in [2.05, 4.69) is 5.23 Å². The van der Waals surface area contributed by atoms with Crippen molar-refractivity contribution in [1.82, 2.24) is 0 Å². The van der Waals surface area contributed by atoms with E-state index in [9.17, 15) is 8.78 Å². The van der Waals surface area contributed by atoms with Gasteiger partial charge in [-0.2, -0.15) is 0 Å². The number of benzene rings is 2. The van der Waals surface area contributed by atoms with Crippen LogP contribution in [-0.4, -0.2) is 19.6 Å². The van der Waals surface area contributed by atoms with E-state index in [0.29, 0.717) is 6.61 Å².